The van der Waals surface area contributed by atoms with Crippen LogP contribution in [0, 0.1) is 13.8 Å². The number of rotatable bonds is 4. The molecule has 0 fully saturated rings. The molecule has 0 aliphatic heterocycles. The highest BCUT2D eigenvalue weighted by Crippen LogP contribution is 2.23. The number of hydrogen-bond donors (Lipinski definition) is 1. The fourth-order valence-corrected chi connectivity index (χ4v) is 2.36. The maximum atomic E-state index is 5.94. The van der Waals surface area contributed by atoms with Crippen LogP contribution in [0.3, 0.4) is 0 Å². The van der Waals surface area contributed by atoms with Gasteiger partial charge >= 0.3 is 0 Å². The standard InChI is InChI=1S/C16H18ClNO/c1-11-5-12(2)7-13(6-11)10-19-16-4-3-15(17)8-14(16)9-18/h3-8H,9-10,18H2,1-2H3. The van der Waals surface area contributed by atoms with Crippen LogP contribution in [0.2, 0.25) is 5.02 Å². The highest BCUT2D eigenvalue weighted by atomic mass is 35.5. The van der Waals surface area contributed by atoms with Gasteiger partial charge in [0, 0.05) is 17.1 Å². The van der Waals surface area contributed by atoms with E-state index in [9.17, 15) is 0 Å². The van der Waals surface area contributed by atoms with Gasteiger partial charge in [0.2, 0.25) is 0 Å². The van der Waals surface area contributed by atoms with Crippen LogP contribution in [0.25, 0.3) is 0 Å². The van der Waals surface area contributed by atoms with Crippen molar-refractivity contribution in [2.75, 3.05) is 0 Å². The second kappa shape index (κ2) is 6.09. The lowest BCUT2D eigenvalue weighted by Crippen LogP contribution is -2.03. The average Bonchev–Trinajstić information content (AvgIpc) is 2.36. The molecule has 0 spiro atoms. The van der Waals surface area contributed by atoms with Gasteiger partial charge in [0.1, 0.15) is 12.4 Å². The van der Waals surface area contributed by atoms with E-state index in [1.54, 1.807) is 0 Å². The molecule has 0 amide bonds. The minimum atomic E-state index is 0.419. The SMILES string of the molecule is Cc1cc(C)cc(COc2ccc(Cl)cc2CN)c1. The van der Waals surface area contributed by atoms with Crippen LogP contribution in [0.1, 0.15) is 22.3 Å². The number of hydrogen-bond acceptors (Lipinski definition) is 2. The molecule has 2 rings (SSSR count). The number of halogens is 1. The van der Waals surface area contributed by atoms with Crippen molar-refractivity contribution in [3.8, 4) is 5.75 Å². The highest BCUT2D eigenvalue weighted by molar-refractivity contribution is 6.30. The van der Waals surface area contributed by atoms with Crippen molar-refractivity contribution in [1.82, 2.24) is 0 Å². The predicted octanol–water partition coefficient (Wildman–Crippen LogP) is 3.99. The molecule has 0 radical (unpaired) electrons. The Morgan fingerprint density at radius 1 is 1.05 bits per heavy atom. The van der Waals surface area contributed by atoms with Crippen LogP contribution in [0.5, 0.6) is 5.75 Å². The summed E-state index contributed by atoms with van der Waals surface area (Å²) in [6.07, 6.45) is 0. The number of benzene rings is 2. The molecule has 0 unspecified atom stereocenters. The minimum Gasteiger partial charge on any atom is -0.489 e. The fraction of sp³-hybridized carbons (Fsp3) is 0.250. The lowest BCUT2D eigenvalue weighted by Gasteiger charge is -2.11. The van der Waals surface area contributed by atoms with Gasteiger partial charge in [0.25, 0.3) is 0 Å². The van der Waals surface area contributed by atoms with Gasteiger partial charge in [0.15, 0.2) is 0 Å². The van der Waals surface area contributed by atoms with E-state index in [0.29, 0.717) is 18.2 Å². The summed E-state index contributed by atoms with van der Waals surface area (Å²) in [5.74, 6) is 0.797. The number of nitrogens with two attached hydrogens (primary N) is 1. The molecule has 2 aromatic carbocycles. The van der Waals surface area contributed by atoms with Gasteiger partial charge in [-0.2, -0.15) is 0 Å². The zero-order valence-electron chi connectivity index (χ0n) is 11.2. The Bertz CT molecular complexity index is 561. The zero-order chi connectivity index (χ0) is 13.8. The van der Waals surface area contributed by atoms with Gasteiger partial charge in [-0.25, -0.2) is 0 Å². The molecule has 0 aliphatic carbocycles. The summed E-state index contributed by atoms with van der Waals surface area (Å²) in [5.41, 5.74) is 10.3. The molecule has 2 nitrogen and oxygen atoms in total. The first-order chi connectivity index (χ1) is 9.08. The van der Waals surface area contributed by atoms with Gasteiger partial charge in [-0.3, -0.25) is 0 Å². The number of ether oxygens (including phenoxy) is 1. The maximum absolute atomic E-state index is 5.94. The Kier molecular flexibility index (Phi) is 4.46. The Morgan fingerprint density at radius 3 is 2.37 bits per heavy atom. The molecule has 0 aliphatic rings. The normalized spacial score (nSPS) is 10.5. The second-order valence-corrected chi connectivity index (χ2v) is 5.18. The number of aryl methyl sites for hydroxylation is 2. The third-order valence-corrected chi connectivity index (χ3v) is 3.15. The van der Waals surface area contributed by atoms with E-state index >= 15 is 0 Å². The summed E-state index contributed by atoms with van der Waals surface area (Å²) in [7, 11) is 0. The molecule has 3 heteroatoms. The second-order valence-electron chi connectivity index (χ2n) is 4.74. The zero-order valence-corrected chi connectivity index (χ0v) is 12.0. The predicted molar refractivity (Wildman–Crippen MR) is 79.6 cm³/mol. The largest absolute Gasteiger partial charge is 0.489 e. The lowest BCUT2D eigenvalue weighted by atomic mass is 10.1. The van der Waals surface area contributed by atoms with Crippen molar-refractivity contribution in [1.29, 1.82) is 0 Å². The molecule has 0 atom stereocenters. The average molecular weight is 276 g/mol. The third-order valence-electron chi connectivity index (χ3n) is 2.92. The first kappa shape index (κ1) is 13.9. The first-order valence-corrected chi connectivity index (χ1v) is 6.65. The maximum Gasteiger partial charge on any atom is 0.124 e. The molecule has 2 N–H and O–H groups in total. The molecule has 19 heavy (non-hydrogen) atoms. The Labute approximate surface area is 119 Å². The molecule has 0 saturated carbocycles. The van der Waals surface area contributed by atoms with E-state index in [-0.39, 0.29) is 0 Å². The van der Waals surface area contributed by atoms with E-state index in [1.165, 1.54) is 11.1 Å². The van der Waals surface area contributed by atoms with Crippen molar-refractivity contribution in [2.24, 2.45) is 5.73 Å². The van der Waals surface area contributed by atoms with E-state index in [0.717, 1.165) is 16.9 Å². The van der Waals surface area contributed by atoms with Gasteiger partial charge in [-0.1, -0.05) is 40.9 Å². The van der Waals surface area contributed by atoms with Gasteiger partial charge in [-0.15, -0.1) is 0 Å². The summed E-state index contributed by atoms with van der Waals surface area (Å²) < 4.78 is 5.84. The van der Waals surface area contributed by atoms with Crippen molar-refractivity contribution < 1.29 is 4.74 Å². The molecule has 2 aromatic rings. The highest BCUT2D eigenvalue weighted by Gasteiger charge is 2.04. The van der Waals surface area contributed by atoms with Gasteiger partial charge in [-0.05, 0) is 37.6 Å². The van der Waals surface area contributed by atoms with Gasteiger partial charge < -0.3 is 10.5 Å². The van der Waals surface area contributed by atoms with Crippen LogP contribution in [0.4, 0.5) is 0 Å². The summed E-state index contributed by atoms with van der Waals surface area (Å²) in [6.45, 7) is 5.13. The van der Waals surface area contributed by atoms with E-state index in [4.69, 9.17) is 22.1 Å². The summed E-state index contributed by atoms with van der Waals surface area (Å²) in [5, 5.41) is 0.680. The van der Waals surface area contributed by atoms with Crippen molar-refractivity contribution in [3.05, 3.63) is 63.7 Å². The monoisotopic (exact) mass is 275 g/mol. The third kappa shape index (κ3) is 3.72. The summed E-state index contributed by atoms with van der Waals surface area (Å²) in [4.78, 5) is 0. The molecule has 0 aromatic heterocycles. The molecule has 100 valence electrons. The Morgan fingerprint density at radius 2 is 1.74 bits per heavy atom. The summed E-state index contributed by atoms with van der Waals surface area (Å²) in [6, 6.07) is 11.9. The molecule has 0 saturated heterocycles. The first-order valence-electron chi connectivity index (χ1n) is 6.27. The van der Waals surface area contributed by atoms with Crippen LogP contribution < -0.4 is 10.5 Å². The molecular weight excluding hydrogens is 258 g/mol. The van der Waals surface area contributed by atoms with Crippen LogP contribution in [-0.4, -0.2) is 0 Å². The smallest absolute Gasteiger partial charge is 0.124 e. The summed E-state index contributed by atoms with van der Waals surface area (Å²) >= 11 is 5.94. The lowest BCUT2D eigenvalue weighted by molar-refractivity contribution is 0.303. The molecular formula is C16H18ClNO. The van der Waals surface area contributed by atoms with Crippen molar-refractivity contribution >= 4 is 11.6 Å². The van der Waals surface area contributed by atoms with E-state index in [1.807, 2.05) is 18.2 Å². The minimum absolute atomic E-state index is 0.419. The van der Waals surface area contributed by atoms with E-state index < -0.39 is 0 Å². The van der Waals surface area contributed by atoms with Crippen molar-refractivity contribution in [3.63, 3.8) is 0 Å². The van der Waals surface area contributed by atoms with Crippen LogP contribution in [-0.2, 0) is 13.2 Å². The van der Waals surface area contributed by atoms with Crippen LogP contribution in [0.15, 0.2) is 36.4 Å². The van der Waals surface area contributed by atoms with Gasteiger partial charge in [0.05, 0.1) is 0 Å². The molecule has 0 bridgehead atoms. The Hall–Kier alpha value is -1.51. The van der Waals surface area contributed by atoms with Crippen LogP contribution >= 0.6 is 11.6 Å². The van der Waals surface area contributed by atoms with E-state index in [2.05, 4.69) is 32.0 Å². The van der Waals surface area contributed by atoms with Crippen molar-refractivity contribution in [2.45, 2.75) is 27.0 Å². The quantitative estimate of drug-likeness (QED) is 0.915. The molecule has 0 heterocycles. The fourth-order valence-electron chi connectivity index (χ4n) is 2.16. The Balaban J connectivity index is 2.14. The topological polar surface area (TPSA) is 35.2 Å².